The van der Waals surface area contributed by atoms with Crippen LogP contribution in [0.25, 0.3) is 10.9 Å². The van der Waals surface area contributed by atoms with Gasteiger partial charge >= 0.3 is 0 Å². The van der Waals surface area contributed by atoms with Crippen LogP contribution in [0.5, 0.6) is 0 Å². The predicted molar refractivity (Wildman–Crippen MR) is 59.3 cm³/mol. The average molecular weight is 175 g/mol. The summed E-state index contributed by atoms with van der Waals surface area (Å²) in [5.74, 6) is 0. The van der Waals surface area contributed by atoms with E-state index in [1.54, 1.807) is 0 Å². The standard InChI is InChI=1S/C12H15N.H2/c1-4-10-7-13-12-9(3)5-8(2)6-11(10)12;/h5-7,13H,4H2,1-3H3;1H. The molecule has 1 N–H and O–H groups in total. The van der Waals surface area contributed by atoms with Crippen LogP contribution in [0.1, 0.15) is 25.0 Å². The first-order valence-corrected chi connectivity index (χ1v) is 4.79. The molecule has 1 heterocycles. The number of nitrogens with one attached hydrogen (secondary N) is 1. The third-order valence-corrected chi connectivity index (χ3v) is 2.60. The Balaban J connectivity index is 0.000000980. The minimum Gasteiger partial charge on any atom is -0.361 e. The molecule has 0 unspecified atom stereocenters. The van der Waals surface area contributed by atoms with Crippen molar-refractivity contribution in [2.24, 2.45) is 0 Å². The van der Waals surface area contributed by atoms with E-state index in [2.05, 4.69) is 44.1 Å². The summed E-state index contributed by atoms with van der Waals surface area (Å²) in [6, 6.07) is 4.48. The summed E-state index contributed by atoms with van der Waals surface area (Å²) >= 11 is 0. The number of hydrogen-bond acceptors (Lipinski definition) is 0. The fourth-order valence-electron chi connectivity index (χ4n) is 1.94. The number of benzene rings is 1. The van der Waals surface area contributed by atoms with E-state index in [-0.39, 0.29) is 1.43 Å². The number of aromatic nitrogens is 1. The molecule has 1 aromatic carbocycles. The smallest absolute Gasteiger partial charge is 0.0486 e. The van der Waals surface area contributed by atoms with Gasteiger partial charge in [0.05, 0.1) is 0 Å². The number of H-pyrrole nitrogens is 1. The maximum Gasteiger partial charge on any atom is 0.0486 e. The Kier molecular flexibility index (Phi) is 1.87. The SMILES string of the molecule is CCc1c[nH]c2c(C)cc(C)cc12.[HH]. The van der Waals surface area contributed by atoms with Gasteiger partial charge in [-0.1, -0.05) is 18.6 Å². The van der Waals surface area contributed by atoms with Crippen molar-refractivity contribution < 1.29 is 1.43 Å². The van der Waals surface area contributed by atoms with Crippen molar-refractivity contribution in [1.29, 1.82) is 0 Å². The number of aryl methyl sites for hydroxylation is 3. The molecular weight excluding hydrogens is 158 g/mol. The van der Waals surface area contributed by atoms with Crippen LogP contribution in [0, 0.1) is 13.8 Å². The van der Waals surface area contributed by atoms with E-state index in [1.165, 1.54) is 27.6 Å². The Hall–Kier alpha value is -1.24. The van der Waals surface area contributed by atoms with Crippen LogP contribution in [-0.4, -0.2) is 4.98 Å². The minimum absolute atomic E-state index is 0. The van der Waals surface area contributed by atoms with Gasteiger partial charge in [0, 0.05) is 18.5 Å². The largest absolute Gasteiger partial charge is 0.361 e. The lowest BCUT2D eigenvalue weighted by Gasteiger charge is -2.00. The van der Waals surface area contributed by atoms with E-state index in [1.807, 2.05) is 0 Å². The van der Waals surface area contributed by atoms with Crippen LogP contribution >= 0.6 is 0 Å². The molecule has 0 fully saturated rings. The molecule has 0 aliphatic rings. The lowest BCUT2D eigenvalue weighted by molar-refractivity contribution is 1.15. The van der Waals surface area contributed by atoms with Gasteiger partial charge in [0.15, 0.2) is 0 Å². The Morgan fingerprint density at radius 3 is 2.77 bits per heavy atom. The number of hydrogen-bond donors (Lipinski definition) is 1. The van der Waals surface area contributed by atoms with Gasteiger partial charge in [-0.15, -0.1) is 0 Å². The van der Waals surface area contributed by atoms with Crippen molar-refractivity contribution >= 4 is 10.9 Å². The molecule has 1 aromatic heterocycles. The van der Waals surface area contributed by atoms with Crippen molar-refractivity contribution in [3.63, 3.8) is 0 Å². The molecule has 0 atom stereocenters. The van der Waals surface area contributed by atoms with E-state index >= 15 is 0 Å². The maximum absolute atomic E-state index is 3.33. The second-order valence-corrected chi connectivity index (χ2v) is 3.67. The first-order valence-electron chi connectivity index (χ1n) is 4.79. The van der Waals surface area contributed by atoms with Crippen molar-refractivity contribution in [2.45, 2.75) is 27.2 Å². The topological polar surface area (TPSA) is 15.8 Å². The summed E-state index contributed by atoms with van der Waals surface area (Å²) in [4.78, 5) is 3.33. The molecule has 0 amide bonds. The van der Waals surface area contributed by atoms with Crippen LogP contribution in [-0.2, 0) is 6.42 Å². The van der Waals surface area contributed by atoms with Gasteiger partial charge in [0.1, 0.15) is 0 Å². The molecule has 0 aliphatic carbocycles. The Labute approximate surface area is 80.3 Å². The van der Waals surface area contributed by atoms with Crippen LogP contribution < -0.4 is 0 Å². The lowest BCUT2D eigenvalue weighted by atomic mass is 10.1. The summed E-state index contributed by atoms with van der Waals surface area (Å²) < 4.78 is 0. The zero-order chi connectivity index (χ0) is 9.42. The molecule has 13 heavy (non-hydrogen) atoms. The minimum atomic E-state index is 0. The highest BCUT2D eigenvalue weighted by atomic mass is 14.7. The summed E-state index contributed by atoms with van der Waals surface area (Å²) in [5.41, 5.74) is 5.40. The summed E-state index contributed by atoms with van der Waals surface area (Å²) in [6.07, 6.45) is 3.22. The highest BCUT2D eigenvalue weighted by Crippen LogP contribution is 2.23. The van der Waals surface area contributed by atoms with Gasteiger partial charge in [-0.05, 0) is 37.5 Å². The van der Waals surface area contributed by atoms with Crippen molar-refractivity contribution in [3.8, 4) is 0 Å². The molecular formula is C12H17N. The van der Waals surface area contributed by atoms with Crippen LogP contribution in [0.2, 0.25) is 0 Å². The first-order chi connectivity index (χ1) is 6.22. The molecule has 2 rings (SSSR count). The van der Waals surface area contributed by atoms with E-state index in [0.29, 0.717) is 0 Å². The maximum atomic E-state index is 3.33. The fraction of sp³-hybridized carbons (Fsp3) is 0.333. The van der Waals surface area contributed by atoms with Crippen molar-refractivity contribution in [1.82, 2.24) is 4.98 Å². The zero-order valence-corrected chi connectivity index (χ0v) is 8.44. The van der Waals surface area contributed by atoms with Gasteiger partial charge in [-0.3, -0.25) is 0 Å². The van der Waals surface area contributed by atoms with Gasteiger partial charge in [-0.25, -0.2) is 0 Å². The second kappa shape index (κ2) is 2.91. The Morgan fingerprint density at radius 1 is 1.31 bits per heavy atom. The van der Waals surface area contributed by atoms with E-state index in [0.717, 1.165) is 6.42 Å². The van der Waals surface area contributed by atoms with Crippen LogP contribution in [0.4, 0.5) is 0 Å². The highest BCUT2D eigenvalue weighted by molar-refractivity contribution is 5.86. The third-order valence-electron chi connectivity index (χ3n) is 2.60. The molecule has 2 aromatic rings. The number of fused-ring (bicyclic) bond motifs is 1. The molecule has 0 bridgehead atoms. The van der Waals surface area contributed by atoms with E-state index < -0.39 is 0 Å². The molecule has 70 valence electrons. The predicted octanol–water partition coefficient (Wildman–Crippen LogP) is 3.59. The Morgan fingerprint density at radius 2 is 2.08 bits per heavy atom. The van der Waals surface area contributed by atoms with Crippen LogP contribution in [0.15, 0.2) is 18.3 Å². The van der Waals surface area contributed by atoms with Gasteiger partial charge in [0.2, 0.25) is 0 Å². The zero-order valence-electron chi connectivity index (χ0n) is 8.44. The lowest BCUT2D eigenvalue weighted by Crippen LogP contribution is -1.81. The van der Waals surface area contributed by atoms with E-state index in [9.17, 15) is 0 Å². The Bertz CT molecular complexity index is 443. The molecule has 0 saturated carbocycles. The first kappa shape index (κ1) is 8.36. The molecule has 1 heteroatoms. The molecule has 0 radical (unpaired) electrons. The van der Waals surface area contributed by atoms with Crippen molar-refractivity contribution in [3.05, 3.63) is 35.0 Å². The third kappa shape index (κ3) is 1.24. The fourth-order valence-corrected chi connectivity index (χ4v) is 1.94. The number of rotatable bonds is 1. The van der Waals surface area contributed by atoms with Crippen molar-refractivity contribution in [2.75, 3.05) is 0 Å². The van der Waals surface area contributed by atoms with Crippen LogP contribution in [0.3, 0.4) is 0 Å². The van der Waals surface area contributed by atoms with Gasteiger partial charge < -0.3 is 4.98 Å². The average Bonchev–Trinajstić information content (AvgIpc) is 2.47. The van der Waals surface area contributed by atoms with Gasteiger partial charge in [-0.2, -0.15) is 0 Å². The molecule has 0 aliphatic heterocycles. The van der Waals surface area contributed by atoms with E-state index in [4.69, 9.17) is 0 Å². The van der Waals surface area contributed by atoms with Gasteiger partial charge in [0.25, 0.3) is 0 Å². The monoisotopic (exact) mass is 175 g/mol. The summed E-state index contributed by atoms with van der Waals surface area (Å²) in [5, 5.41) is 1.39. The molecule has 0 saturated heterocycles. The molecule has 0 spiro atoms. The summed E-state index contributed by atoms with van der Waals surface area (Å²) in [7, 11) is 0. The number of aromatic amines is 1. The second-order valence-electron chi connectivity index (χ2n) is 3.67. The highest BCUT2D eigenvalue weighted by Gasteiger charge is 2.04. The molecule has 1 nitrogen and oxygen atoms in total. The quantitative estimate of drug-likeness (QED) is 0.681. The normalized spacial score (nSPS) is 11.0. The summed E-state index contributed by atoms with van der Waals surface area (Å²) in [6.45, 7) is 6.50.